The van der Waals surface area contributed by atoms with Crippen LogP contribution in [0.4, 0.5) is 0 Å². The summed E-state index contributed by atoms with van der Waals surface area (Å²) in [7, 11) is 0. The van der Waals surface area contributed by atoms with E-state index in [1.54, 1.807) is 12.3 Å². The lowest BCUT2D eigenvalue weighted by molar-refractivity contribution is -0.0252. The fourth-order valence-electron chi connectivity index (χ4n) is 2.15. The van der Waals surface area contributed by atoms with Crippen molar-refractivity contribution in [2.45, 2.75) is 71.7 Å². The summed E-state index contributed by atoms with van der Waals surface area (Å²) in [4.78, 5) is 4.06. The van der Waals surface area contributed by atoms with E-state index < -0.39 is 6.29 Å². The van der Waals surface area contributed by atoms with Gasteiger partial charge in [-0.3, -0.25) is 4.98 Å². The van der Waals surface area contributed by atoms with E-state index in [4.69, 9.17) is 9.84 Å². The molecule has 0 saturated heterocycles. The maximum absolute atomic E-state index is 9.89. The molecule has 2 N–H and O–H groups in total. The number of unbranched alkanes of at least 4 members (excludes halogenated alkanes) is 5. The number of hydrogen-bond acceptors (Lipinski definition) is 4. The van der Waals surface area contributed by atoms with Crippen molar-refractivity contribution in [3.8, 4) is 5.75 Å². The molecule has 1 aromatic rings. The molecule has 114 valence electrons. The average molecular weight is 281 g/mol. The number of rotatable bonds is 10. The summed E-state index contributed by atoms with van der Waals surface area (Å²) in [6, 6.07) is 1.72. The predicted octanol–water partition coefficient (Wildman–Crippen LogP) is 3.33. The fraction of sp³-hybridized carbons (Fsp3) is 0.688. The van der Waals surface area contributed by atoms with Crippen molar-refractivity contribution in [2.24, 2.45) is 0 Å². The van der Waals surface area contributed by atoms with Crippen LogP contribution < -0.4 is 4.74 Å². The largest absolute Gasteiger partial charge is 0.465 e. The lowest BCUT2D eigenvalue weighted by Gasteiger charge is -2.16. The minimum atomic E-state index is -0.784. The van der Waals surface area contributed by atoms with Gasteiger partial charge in [0.15, 0.2) is 6.29 Å². The zero-order valence-electron chi connectivity index (χ0n) is 12.6. The second-order valence-corrected chi connectivity index (χ2v) is 5.17. The van der Waals surface area contributed by atoms with Crippen molar-refractivity contribution in [3.63, 3.8) is 0 Å². The van der Waals surface area contributed by atoms with Crippen LogP contribution in [0.25, 0.3) is 0 Å². The summed E-state index contributed by atoms with van der Waals surface area (Å²) in [6.45, 7) is 3.93. The molecule has 0 aliphatic rings. The van der Waals surface area contributed by atoms with Crippen molar-refractivity contribution >= 4 is 0 Å². The monoisotopic (exact) mass is 281 g/mol. The Morgan fingerprint density at radius 2 is 1.90 bits per heavy atom. The van der Waals surface area contributed by atoms with Gasteiger partial charge in [-0.05, 0) is 19.4 Å². The topological polar surface area (TPSA) is 62.6 Å². The number of aliphatic hydroxyl groups is 2. The van der Waals surface area contributed by atoms with Gasteiger partial charge in [0.2, 0.25) is 0 Å². The van der Waals surface area contributed by atoms with Crippen molar-refractivity contribution < 1.29 is 14.9 Å². The quantitative estimate of drug-likeness (QED) is 0.510. The van der Waals surface area contributed by atoms with Gasteiger partial charge < -0.3 is 14.9 Å². The molecule has 0 spiro atoms. The minimum Gasteiger partial charge on any atom is -0.465 e. The number of aliphatic hydroxyl groups excluding tert-OH is 2. The number of hydrogen-bond donors (Lipinski definition) is 2. The highest BCUT2D eigenvalue weighted by Gasteiger charge is 2.10. The zero-order chi connectivity index (χ0) is 14.8. The van der Waals surface area contributed by atoms with E-state index in [-0.39, 0.29) is 6.61 Å². The van der Waals surface area contributed by atoms with Gasteiger partial charge in [0.05, 0.1) is 12.3 Å². The van der Waals surface area contributed by atoms with Gasteiger partial charge in [-0.25, -0.2) is 0 Å². The van der Waals surface area contributed by atoms with Crippen molar-refractivity contribution in [2.75, 3.05) is 0 Å². The third-order valence-corrected chi connectivity index (χ3v) is 3.48. The third-order valence-electron chi connectivity index (χ3n) is 3.48. The number of nitrogens with zero attached hydrogens (tertiary/aromatic N) is 1. The molecule has 0 radical (unpaired) electrons. The van der Waals surface area contributed by atoms with Crippen molar-refractivity contribution in [3.05, 3.63) is 23.5 Å². The van der Waals surface area contributed by atoms with Gasteiger partial charge in [0, 0.05) is 18.2 Å². The van der Waals surface area contributed by atoms with Crippen LogP contribution in [0.1, 0.15) is 63.1 Å². The Morgan fingerprint density at radius 1 is 1.20 bits per heavy atom. The van der Waals surface area contributed by atoms with E-state index in [1.807, 2.05) is 6.92 Å². The fourth-order valence-corrected chi connectivity index (χ4v) is 2.15. The second kappa shape index (κ2) is 9.72. The lowest BCUT2D eigenvalue weighted by Crippen LogP contribution is -2.16. The number of aromatic nitrogens is 1. The molecule has 4 heteroatoms. The Bertz CT molecular complexity index is 382. The van der Waals surface area contributed by atoms with Crippen LogP contribution in [0.15, 0.2) is 12.3 Å². The maximum atomic E-state index is 9.89. The van der Waals surface area contributed by atoms with E-state index in [0.29, 0.717) is 17.9 Å². The molecule has 1 aromatic heterocycles. The summed E-state index contributed by atoms with van der Waals surface area (Å²) < 4.78 is 5.52. The Morgan fingerprint density at radius 3 is 2.60 bits per heavy atom. The number of ether oxygens (including phenoxy) is 1. The van der Waals surface area contributed by atoms with Gasteiger partial charge in [-0.1, -0.05) is 39.0 Å². The van der Waals surface area contributed by atoms with Gasteiger partial charge in [-0.2, -0.15) is 0 Å². The SMILES string of the molecule is CCCCCCCCC(O)Oc1ccnc(CO)c1C. The first-order chi connectivity index (χ1) is 9.69. The smallest absolute Gasteiger partial charge is 0.197 e. The Kier molecular flexibility index (Phi) is 8.23. The molecule has 0 aliphatic heterocycles. The van der Waals surface area contributed by atoms with E-state index in [2.05, 4.69) is 11.9 Å². The Balaban J connectivity index is 2.30. The highest BCUT2D eigenvalue weighted by Crippen LogP contribution is 2.21. The predicted molar refractivity (Wildman–Crippen MR) is 79.5 cm³/mol. The van der Waals surface area contributed by atoms with E-state index in [0.717, 1.165) is 18.4 Å². The van der Waals surface area contributed by atoms with Crippen molar-refractivity contribution in [1.29, 1.82) is 0 Å². The highest BCUT2D eigenvalue weighted by molar-refractivity contribution is 5.34. The average Bonchev–Trinajstić information content (AvgIpc) is 2.45. The van der Waals surface area contributed by atoms with Gasteiger partial charge in [0.1, 0.15) is 5.75 Å². The van der Waals surface area contributed by atoms with Crippen LogP contribution in [0.3, 0.4) is 0 Å². The standard InChI is InChI=1S/C16H27NO3/c1-3-4-5-6-7-8-9-16(19)20-15-10-11-17-14(12-18)13(15)2/h10-11,16,18-19H,3-9,12H2,1-2H3. The summed E-state index contributed by atoms with van der Waals surface area (Å²) in [5.74, 6) is 0.600. The van der Waals surface area contributed by atoms with E-state index in [9.17, 15) is 5.11 Å². The molecule has 4 nitrogen and oxygen atoms in total. The van der Waals surface area contributed by atoms with Gasteiger partial charge in [-0.15, -0.1) is 0 Å². The maximum Gasteiger partial charge on any atom is 0.197 e. The first-order valence-corrected chi connectivity index (χ1v) is 7.59. The van der Waals surface area contributed by atoms with Crippen LogP contribution in [-0.2, 0) is 6.61 Å². The molecule has 0 amide bonds. The van der Waals surface area contributed by atoms with Gasteiger partial charge >= 0.3 is 0 Å². The molecule has 1 heterocycles. The molecular weight excluding hydrogens is 254 g/mol. The molecule has 20 heavy (non-hydrogen) atoms. The van der Waals surface area contributed by atoms with Crippen LogP contribution >= 0.6 is 0 Å². The Labute approximate surface area is 121 Å². The summed E-state index contributed by atoms with van der Waals surface area (Å²) in [5.41, 5.74) is 1.38. The molecule has 0 fully saturated rings. The summed E-state index contributed by atoms with van der Waals surface area (Å²) in [6.07, 6.45) is 8.60. The molecule has 0 aromatic carbocycles. The number of pyridine rings is 1. The molecule has 1 unspecified atom stereocenters. The van der Waals surface area contributed by atoms with Gasteiger partial charge in [0.25, 0.3) is 0 Å². The molecule has 0 aliphatic carbocycles. The third kappa shape index (κ3) is 5.88. The first kappa shape index (κ1) is 16.9. The molecule has 1 rings (SSSR count). The van der Waals surface area contributed by atoms with E-state index >= 15 is 0 Å². The minimum absolute atomic E-state index is 0.115. The van der Waals surface area contributed by atoms with Crippen LogP contribution in [-0.4, -0.2) is 21.5 Å². The summed E-state index contributed by atoms with van der Waals surface area (Å²) >= 11 is 0. The molecular formula is C16H27NO3. The lowest BCUT2D eigenvalue weighted by atomic mass is 10.1. The van der Waals surface area contributed by atoms with E-state index in [1.165, 1.54) is 25.7 Å². The second-order valence-electron chi connectivity index (χ2n) is 5.17. The first-order valence-electron chi connectivity index (χ1n) is 7.59. The molecule has 0 saturated carbocycles. The van der Waals surface area contributed by atoms with Crippen molar-refractivity contribution in [1.82, 2.24) is 4.98 Å². The zero-order valence-corrected chi connectivity index (χ0v) is 12.6. The Hall–Kier alpha value is -1.13. The van der Waals surface area contributed by atoms with Crippen LogP contribution in [0.2, 0.25) is 0 Å². The van der Waals surface area contributed by atoms with Crippen LogP contribution in [0, 0.1) is 6.92 Å². The summed E-state index contributed by atoms with van der Waals surface area (Å²) in [5, 5.41) is 19.0. The molecule has 1 atom stereocenters. The normalized spacial score (nSPS) is 12.4. The van der Waals surface area contributed by atoms with Crippen LogP contribution in [0.5, 0.6) is 5.75 Å². The highest BCUT2D eigenvalue weighted by atomic mass is 16.6. The molecule has 0 bridgehead atoms.